The molecular weight excluding hydrogens is 156 g/mol. The van der Waals surface area contributed by atoms with Crippen LogP contribution in [-0.2, 0) is 6.42 Å². The minimum Gasteiger partial charge on any atom is -0.344 e. The van der Waals surface area contributed by atoms with Crippen molar-refractivity contribution in [2.45, 2.75) is 12.8 Å². The molecule has 0 aliphatic rings. The summed E-state index contributed by atoms with van der Waals surface area (Å²) >= 11 is 0. The SMILES string of the molecule is CN(C)c1noc(CCCN)n1. The van der Waals surface area contributed by atoms with Crippen LogP contribution in [-0.4, -0.2) is 30.8 Å². The second-order valence-corrected chi connectivity index (χ2v) is 2.77. The van der Waals surface area contributed by atoms with Gasteiger partial charge >= 0.3 is 0 Å². The van der Waals surface area contributed by atoms with Gasteiger partial charge in [0.15, 0.2) is 0 Å². The molecule has 0 fully saturated rings. The predicted octanol–water partition coefficient (Wildman–Crippen LogP) is 0.0269. The minimum absolute atomic E-state index is 0.613. The van der Waals surface area contributed by atoms with Crippen molar-refractivity contribution in [3.63, 3.8) is 0 Å². The van der Waals surface area contributed by atoms with Gasteiger partial charge in [-0.05, 0) is 18.1 Å². The Bertz CT molecular complexity index is 233. The summed E-state index contributed by atoms with van der Waals surface area (Å²) in [6.07, 6.45) is 1.65. The molecule has 0 saturated heterocycles. The first kappa shape index (κ1) is 8.99. The van der Waals surface area contributed by atoms with Gasteiger partial charge in [-0.2, -0.15) is 4.98 Å². The van der Waals surface area contributed by atoms with Crippen LogP contribution in [0.4, 0.5) is 5.95 Å². The van der Waals surface area contributed by atoms with Crippen LogP contribution in [0.25, 0.3) is 0 Å². The summed E-state index contributed by atoms with van der Waals surface area (Å²) in [6.45, 7) is 0.652. The van der Waals surface area contributed by atoms with Crippen LogP contribution < -0.4 is 10.6 Å². The van der Waals surface area contributed by atoms with Crippen molar-refractivity contribution in [2.75, 3.05) is 25.5 Å². The van der Waals surface area contributed by atoms with Gasteiger partial charge in [0.25, 0.3) is 5.95 Å². The van der Waals surface area contributed by atoms with Crippen molar-refractivity contribution in [3.8, 4) is 0 Å². The van der Waals surface area contributed by atoms with E-state index in [1.807, 2.05) is 14.1 Å². The van der Waals surface area contributed by atoms with Gasteiger partial charge in [-0.1, -0.05) is 0 Å². The normalized spacial score (nSPS) is 10.2. The van der Waals surface area contributed by atoms with Gasteiger partial charge in [0.05, 0.1) is 0 Å². The van der Waals surface area contributed by atoms with E-state index in [1.165, 1.54) is 0 Å². The molecule has 5 heteroatoms. The average molecular weight is 170 g/mol. The number of nitrogens with zero attached hydrogens (tertiary/aromatic N) is 3. The summed E-state index contributed by atoms with van der Waals surface area (Å²) in [5, 5.41) is 3.77. The van der Waals surface area contributed by atoms with E-state index in [-0.39, 0.29) is 0 Å². The van der Waals surface area contributed by atoms with E-state index >= 15 is 0 Å². The predicted molar refractivity (Wildman–Crippen MR) is 46.0 cm³/mol. The summed E-state index contributed by atoms with van der Waals surface area (Å²) < 4.78 is 4.97. The largest absolute Gasteiger partial charge is 0.344 e. The van der Waals surface area contributed by atoms with E-state index in [1.54, 1.807) is 4.90 Å². The molecule has 0 amide bonds. The Hall–Kier alpha value is -1.10. The van der Waals surface area contributed by atoms with Crippen molar-refractivity contribution in [3.05, 3.63) is 5.89 Å². The quantitative estimate of drug-likeness (QED) is 0.690. The minimum atomic E-state index is 0.613. The van der Waals surface area contributed by atoms with Gasteiger partial charge in [0, 0.05) is 20.5 Å². The molecule has 68 valence electrons. The Morgan fingerprint density at radius 3 is 2.75 bits per heavy atom. The molecule has 2 N–H and O–H groups in total. The molecule has 0 spiro atoms. The van der Waals surface area contributed by atoms with Crippen molar-refractivity contribution in [1.29, 1.82) is 0 Å². The van der Waals surface area contributed by atoms with Crippen molar-refractivity contribution < 1.29 is 4.52 Å². The van der Waals surface area contributed by atoms with Crippen LogP contribution in [0.5, 0.6) is 0 Å². The Balaban J connectivity index is 2.52. The smallest absolute Gasteiger partial charge is 0.265 e. The third-order valence-corrected chi connectivity index (χ3v) is 1.45. The topological polar surface area (TPSA) is 68.2 Å². The average Bonchev–Trinajstić information content (AvgIpc) is 2.48. The molecule has 0 aliphatic heterocycles. The maximum atomic E-state index is 5.34. The van der Waals surface area contributed by atoms with Gasteiger partial charge in [0.1, 0.15) is 0 Å². The summed E-state index contributed by atoms with van der Waals surface area (Å²) in [4.78, 5) is 5.94. The van der Waals surface area contributed by atoms with Crippen LogP contribution in [0.1, 0.15) is 12.3 Å². The maximum Gasteiger partial charge on any atom is 0.265 e. The highest BCUT2D eigenvalue weighted by Crippen LogP contribution is 2.06. The molecule has 0 atom stereocenters. The van der Waals surface area contributed by atoms with Gasteiger partial charge in [0.2, 0.25) is 5.89 Å². The monoisotopic (exact) mass is 170 g/mol. The van der Waals surface area contributed by atoms with E-state index < -0.39 is 0 Å². The number of hydrogen-bond donors (Lipinski definition) is 1. The lowest BCUT2D eigenvalue weighted by molar-refractivity contribution is 0.376. The Morgan fingerprint density at radius 2 is 2.25 bits per heavy atom. The van der Waals surface area contributed by atoms with Crippen molar-refractivity contribution in [1.82, 2.24) is 10.1 Å². The van der Waals surface area contributed by atoms with Crippen LogP contribution in [0.2, 0.25) is 0 Å². The first-order chi connectivity index (χ1) is 5.74. The van der Waals surface area contributed by atoms with E-state index in [0.717, 1.165) is 12.8 Å². The molecule has 1 heterocycles. The summed E-state index contributed by atoms with van der Waals surface area (Å²) in [7, 11) is 3.75. The molecule has 12 heavy (non-hydrogen) atoms. The van der Waals surface area contributed by atoms with E-state index in [9.17, 15) is 0 Å². The number of hydrogen-bond acceptors (Lipinski definition) is 5. The molecule has 1 aromatic rings. The highest BCUT2D eigenvalue weighted by Gasteiger charge is 2.05. The number of aryl methyl sites for hydroxylation is 1. The molecule has 1 aromatic heterocycles. The Morgan fingerprint density at radius 1 is 1.50 bits per heavy atom. The third kappa shape index (κ3) is 2.20. The molecule has 0 aromatic carbocycles. The molecule has 0 aliphatic carbocycles. The maximum absolute atomic E-state index is 5.34. The van der Waals surface area contributed by atoms with Crippen LogP contribution in [0.3, 0.4) is 0 Å². The molecule has 0 saturated carbocycles. The Kier molecular flexibility index (Phi) is 3.04. The van der Waals surface area contributed by atoms with E-state index in [2.05, 4.69) is 10.1 Å². The zero-order chi connectivity index (χ0) is 8.97. The standard InChI is InChI=1S/C7H14N4O/c1-11(2)7-9-6(12-10-7)4-3-5-8/h3-5,8H2,1-2H3. The second kappa shape index (κ2) is 4.06. The molecular formula is C7H14N4O. The van der Waals surface area contributed by atoms with Crippen molar-refractivity contribution in [2.24, 2.45) is 5.73 Å². The lowest BCUT2D eigenvalue weighted by Gasteiger charge is -2.02. The molecule has 5 nitrogen and oxygen atoms in total. The van der Waals surface area contributed by atoms with Crippen LogP contribution >= 0.6 is 0 Å². The van der Waals surface area contributed by atoms with Gasteiger partial charge in [-0.15, -0.1) is 0 Å². The van der Waals surface area contributed by atoms with Gasteiger partial charge in [-0.3, -0.25) is 0 Å². The molecule has 0 bridgehead atoms. The first-order valence-electron chi connectivity index (χ1n) is 3.94. The fourth-order valence-corrected chi connectivity index (χ4v) is 0.782. The fourth-order valence-electron chi connectivity index (χ4n) is 0.782. The van der Waals surface area contributed by atoms with E-state index in [4.69, 9.17) is 10.3 Å². The lowest BCUT2D eigenvalue weighted by atomic mass is 10.3. The zero-order valence-corrected chi connectivity index (χ0v) is 7.45. The lowest BCUT2D eigenvalue weighted by Crippen LogP contribution is -2.10. The number of aromatic nitrogens is 2. The van der Waals surface area contributed by atoms with Crippen molar-refractivity contribution >= 4 is 5.95 Å². The number of rotatable bonds is 4. The van der Waals surface area contributed by atoms with E-state index in [0.29, 0.717) is 18.4 Å². The molecule has 0 unspecified atom stereocenters. The molecule has 0 radical (unpaired) electrons. The van der Waals surface area contributed by atoms with Crippen LogP contribution in [0, 0.1) is 0 Å². The van der Waals surface area contributed by atoms with Gasteiger partial charge in [-0.25, -0.2) is 0 Å². The Labute approximate surface area is 71.5 Å². The summed E-state index contributed by atoms with van der Waals surface area (Å²) in [5.41, 5.74) is 5.34. The summed E-state index contributed by atoms with van der Waals surface area (Å²) in [5.74, 6) is 1.27. The summed E-state index contributed by atoms with van der Waals surface area (Å²) in [6, 6.07) is 0. The third-order valence-electron chi connectivity index (χ3n) is 1.45. The first-order valence-corrected chi connectivity index (χ1v) is 3.94. The zero-order valence-electron chi connectivity index (χ0n) is 7.45. The highest BCUT2D eigenvalue weighted by molar-refractivity contribution is 5.23. The number of anilines is 1. The second-order valence-electron chi connectivity index (χ2n) is 2.77. The highest BCUT2D eigenvalue weighted by atomic mass is 16.5. The van der Waals surface area contributed by atoms with Gasteiger partial charge < -0.3 is 15.2 Å². The molecule has 1 rings (SSSR count). The fraction of sp³-hybridized carbons (Fsp3) is 0.714. The van der Waals surface area contributed by atoms with Crippen LogP contribution in [0.15, 0.2) is 4.52 Å². The number of nitrogens with two attached hydrogens (primary N) is 1.